The molecule has 0 aliphatic carbocycles. The number of rotatable bonds is 3. The van der Waals surface area contributed by atoms with Crippen molar-refractivity contribution >= 4 is 29.0 Å². The van der Waals surface area contributed by atoms with Gasteiger partial charge in [-0.1, -0.05) is 11.6 Å². The van der Waals surface area contributed by atoms with Crippen LogP contribution in [0.15, 0.2) is 42.6 Å². The van der Waals surface area contributed by atoms with Crippen LogP contribution in [-0.4, -0.2) is 39.1 Å². The molecule has 1 saturated heterocycles. The minimum atomic E-state index is -0.147. The summed E-state index contributed by atoms with van der Waals surface area (Å²) in [4.78, 5) is 19.3. The van der Waals surface area contributed by atoms with Gasteiger partial charge in [-0.15, -0.1) is 0 Å². The molecule has 5 nitrogen and oxygen atoms in total. The smallest absolute Gasteiger partial charge is 0.274 e. The molecule has 1 aliphatic heterocycles. The molecule has 1 amide bonds. The number of aromatic nitrogens is 1. The Morgan fingerprint density at radius 3 is 2.48 bits per heavy atom. The fourth-order valence-electron chi connectivity index (χ4n) is 2.62. The average Bonchev–Trinajstić information content (AvgIpc) is 2.57. The van der Waals surface area contributed by atoms with Gasteiger partial charge >= 0.3 is 0 Å². The minimum absolute atomic E-state index is 0.147. The number of halogens is 1. The number of amides is 1. The maximum atomic E-state index is 12.2. The topological polar surface area (TPSA) is 50.9 Å². The van der Waals surface area contributed by atoms with Gasteiger partial charge in [-0.25, -0.2) is 4.98 Å². The van der Waals surface area contributed by atoms with E-state index < -0.39 is 0 Å². The molecule has 0 saturated carbocycles. The van der Waals surface area contributed by atoms with E-state index in [0.717, 1.165) is 37.7 Å². The normalized spacial score (nSPS) is 15.5. The third-order valence-corrected chi connectivity index (χ3v) is 4.37. The van der Waals surface area contributed by atoms with E-state index in [0.29, 0.717) is 10.6 Å². The van der Waals surface area contributed by atoms with E-state index in [1.165, 1.54) is 0 Å². The lowest BCUT2D eigenvalue weighted by atomic mass is 10.2. The number of H-pyrrole nitrogens is 1. The van der Waals surface area contributed by atoms with E-state index in [1.807, 2.05) is 18.3 Å². The first kappa shape index (κ1) is 15.8. The van der Waals surface area contributed by atoms with Crippen LogP contribution in [0.1, 0.15) is 10.4 Å². The minimum Gasteiger partial charge on any atom is -0.331 e. The van der Waals surface area contributed by atoms with Gasteiger partial charge in [0.15, 0.2) is 0 Å². The number of hydrogen-bond acceptors (Lipinski definition) is 2. The van der Waals surface area contributed by atoms with E-state index >= 15 is 0 Å². The second-order valence-electron chi connectivity index (χ2n) is 5.87. The Balaban J connectivity index is 1.63. The summed E-state index contributed by atoms with van der Waals surface area (Å²) in [5, 5.41) is 3.50. The van der Waals surface area contributed by atoms with Gasteiger partial charge in [0.2, 0.25) is 0 Å². The summed E-state index contributed by atoms with van der Waals surface area (Å²) in [5.41, 5.74) is 1.33. The fraction of sp³-hybridized carbons (Fsp3) is 0.294. The van der Waals surface area contributed by atoms with E-state index in [4.69, 9.17) is 11.6 Å². The van der Waals surface area contributed by atoms with Crippen molar-refractivity contribution in [1.82, 2.24) is 0 Å². The van der Waals surface area contributed by atoms with E-state index in [9.17, 15) is 4.79 Å². The lowest BCUT2D eigenvalue weighted by Gasteiger charge is -2.25. The number of likely N-dealkylation sites (N-methyl/N-ethyl adjacent to an activating group) is 1. The Labute approximate surface area is 140 Å². The monoisotopic (exact) mass is 332 g/mol. The second kappa shape index (κ2) is 6.98. The summed E-state index contributed by atoms with van der Waals surface area (Å²) >= 11 is 5.83. The van der Waals surface area contributed by atoms with Gasteiger partial charge in [-0.2, -0.15) is 0 Å². The molecule has 1 aromatic carbocycles. The van der Waals surface area contributed by atoms with Crippen LogP contribution in [-0.2, 0) is 0 Å². The zero-order valence-electron chi connectivity index (χ0n) is 13.1. The maximum Gasteiger partial charge on any atom is 0.274 e. The lowest BCUT2D eigenvalue weighted by molar-refractivity contribution is -0.880. The highest BCUT2D eigenvalue weighted by atomic mass is 35.5. The summed E-state index contributed by atoms with van der Waals surface area (Å²) in [7, 11) is 2.22. The molecule has 1 aliphatic rings. The molecule has 120 valence electrons. The van der Waals surface area contributed by atoms with Crippen molar-refractivity contribution in [3.05, 3.63) is 53.2 Å². The summed E-state index contributed by atoms with van der Waals surface area (Å²) in [6.45, 7) is 4.36. The standard InChI is InChI=1S/C17H19ClN4O/c1-21-8-10-22(11-9-21)16-7-6-15(12-19-16)20-17(23)13-2-4-14(18)5-3-13/h2-7,12H,8-11H2,1H3,(H,20,23)/p+2. The summed E-state index contributed by atoms with van der Waals surface area (Å²) in [6.07, 6.45) is 1.83. The molecular weight excluding hydrogens is 312 g/mol. The first-order valence-corrected chi connectivity index (χ1v) is 8.14. The number of pyridine rings is 1. The summed E-state index contributed by atoms with van der Waals surface area (Å²) < 4.78 is 0. The third kappa shape index (κ3) is 4.00. The Morgan fingerprint density at radius 1 is 1.17 bits per heavy atom. The number of benzene rings is 1. The van der Waals surface area contributed by atoms with Crippen LogP contribution >= 0.6 is 11.6 Å². The molecule has 0 radical (unpaired) electrons. The van der Waals surface area contributed by atoms with E-state index in [2.05, 4.69) is 22.2 Å². The molecule has 0 bridgehead atoms. The zero-order valence-corrected chi connectivity index (χ0v) is 13.9. The number of aromatic amines is 1. The molecule has 2 aromatic rings. The molecule has 3 N–H and O–H groups in total. The van der Waals surface area contributed by atoms with Crippen LogP contribution in [0, 0.1) is 0 Å². The van der Waals surface area contributed by atoms with Crippen LogP contribution in [0.5, 0.6) is 0 Å². The molecule has 3 rings (SSSR count). The predicted octanol–water partition coefficient (Wildman–Crippen LogP) is 0.741. The Bertz CT molecular complexity index is 664. The number of nitrogens with one attached hydrogen (secondary N) is 3. The lowest BCUT2D eigenvalue weighted by Crippen LogP contribution is -3.12. The van der Waals surface area contributed by atoms with Crippen molar-refractivity contribution in [2.24, 2.45) is 0 Å². The highest BCUT2D eigenvalue weighted by molar-refractivity contribution is 6.30. The summed E-state index contributed by atoms with van der Waals surface area (Å²) in [5.74, 6) is 0.938. The molecule has 1 fully saturated rings. The van der Waals surface area contributed by atoms with Crippen molar-refractivity contribution < 1.29 is 14.7 Å². The highest BCUT2D eigenvalue weighted by Crippen LogP contribution is 2.13. The number of quaternary nitrogens is 1. The Kier molecular flexibility index (Phi) is 4.79. The molecular formula is C17H21ClN4O+2. The first-order valence-electron chi connectivity index (χ1n) is 7.77. The van der Waals surface area contributed by atoms with Crippen molar-refractivity contribution in [2.45, 2.75) is 0 Å². The second-order valence-corrected chi connectivity index (χ2v) is 6.30. The van der Waals surface area contributed by atoms with Gasteiger partial charge in [0, 0.05) is 16.7 Å². The molecule has 2 heterocycles. The number of piperazine rings is 1. The first-order chi connectivity index (χ1) is 11.1. The van der Waals surface area contributed by atoms with Crippen LogP contribution in [0.2, 0.25) is 5.02 Å². The number of nitrogens with zero attached hydrogens (tertiary/aromatic N) is 1. The maximum absolute atomic E-state index is 12.2. The van der Waals surface area contributed by atoms with Gasteiger partial charge in [-0.3, -0.25) is 9.69 Å². The fourth-order valence-corrected chi connectivity index (χ4v) is 2.75. The molecule has 0 spiro atoms. The predicted molar refractivity (Wildman–Crippen MR) is 91.2 cm³/mol. The van der Waals surface area contributed by atoms with Crippen LogP contribution in [0.25, 0.3) is 0 Å². The Morgan fingerprint density at radius 2 is 1.87 bits per heavy atom. The van der Waals surface area contributed by atoms with Crippen molar-refractivity contribution in [1.29, 1.82) is 0 Å². The number of anilines is 2. The quantitative estimate of drug-likeness (QED) is 0.871. The SMILES string of the molecule is C[NH+]1CCN(c2ccc(NC(=O)c3ccc(Cl)cc3)c[nH+]2)CC1. The van der Waals surface area contributed by atoms with E-state index in [-0.39, 0.29) is 5.91 Å². The van der Waals surface area contributed by atoms with Gasteiger partial charge in [0.05, 0.1) is 12.7 Å². The third-order valence-electron chi connectivity index (χ3n) is 4.12. The van der Waals surface area contributed by atoms with Gasteiger partial charge in [0.25, 0.3) is 11.7 Å². The number of hydrogen-bond donors (Lipinski definition) is 2. The zero-order chi connectivity index (χ0) is 16.2. The van der Waals surface area contributed by atoms with Gasteiger partial charge in [0.1, 0.15) is 32.4 Å². The van der Waals surface area contributed by atoms with Crippen LogP contribution < -0.4 is 20.1 Å². The summed E-state index contributed by atoms with van der Waals surface area (Å²) in [6, 6.07) is 10.8. The number of carbonyl (C=O) groups excluding carboxylic acids is 1. The molecule has 23 heavy (non-hydrogen) atoms. The molecule has 0 atom stereocenters. The van der Waals surface area contributed by atoms with Crippen molar-refractivity contribution in [3.8, 4) is 0 Å². The van der Waals surface area contributed by atoms with Crippen LogP contribution in [0.3, 0.4) is 0 Å². The van der Waals surface area contributed by atoms with Gasteiger partial charge < -0.3 is 10.2 Å². The molecule has 1 aromatic heterocycles. The molecule has 6 heteroatoms. The van der Waals surface area contributed by atoms with Crippen LogP contribution in [0.4, 0.5) is 11.5 Å². The average molecular weight is 333 g/mol. The van der Waals surface area contributed by atoms with Gasteiger partial charge in [-0.05, 0) is 30.3 Å². The van der Waals surface area contributed by atoms with Crippen molar-refractivity contribution in [3.63, 3.8) is 0 Å². The van der Waals surface area contributed by atoms with E-state index in [1.54, 1.807) is 29.2 Å². The highest BCUT2D eigenvalue weighted by Gasteiger charge is 2.23. The molecule has 0 unspecified atom stereocenters. The Hall–Kier alpha value is -2.11. The van der Waals surface area contributed by atoms with Crippen molar-refractivity contribution in [2.75, 3.05) is 43.4 Å². The number of carbonyl (C=O) groups is 1. The largest absolute Gasteiger partial charge is 0.331 e.